The van der Waals surface area contributed by atoms with E-state index in [-0.39, 0.29) is 17.4 Å². The monoisotopic (exact) mass is 675 g/mol. The smallest absolute Gasteiger partial charge is 0.416 e. The molecule has 4 N–H and O–H groups in total. The van der Waals surface area contributed by atoms with E-state index in [1.165, 1.54) is 19.2 Å². The summed E-state index contributed by atoms with van der Waals surface area (Å²) in [6, 6.07) is 12.7. The van der Waals surface area contributed by atoms with Crippen LogP contribution in [0.15, 0.2) is 65.6 Å². The van der Waals surface area contributed by atoms with Crippen LogP contribution in [0.4, 0.5) is 28.9 Å². The highest BCUT2D eigenvalue weighted by atomic mass is 32.2. The molecule has 1 amide bonds. The molecule has 0 spiro atoms. The van der Waals surface area contributed by atoms with Gasteiger partial charge in [-0.3, -0.25) is 13.9 Å². The Labute approximate surface area is 268 Å². The van der Waals surface area contributed by atoms with Crippen molar-refractivity contribution in [3.63, 3.8) is 0 Å². The summed E-state index contributed by atoms with van der Waals surface area (Å²) in [6.07, 6.45) is -3.72. The molecule has 1 saturated carbocycles. The molecule has 250 valence electrons. The predicted octanol–water partition coefficient (Wildman–Crippen LogP) is 5.51. The van der Waals surface area contributed by atoms with Crippen LogP contribution in [0.2, 0.25) is 0 Å². The number of carbonyl (C=O) groups excluding carboxylic acids is 1. The van der Waals surface area contributed by atoms with Gasteiger partial charge in [-0.2, -0.15) is 13.2 Å². The van der Waals surface area contributed by atoms with Crippen LogP contribution >= 0.6 is 0 Å². The maximum atomic E-state index is 14.4. The molecule has 1 fully saturated rings. The van der Waals surface area contributed by atoms with Gasteiger partial charge in [0.25, 0.3) is 10.0 Å². The number of hydrogen-bond donors (Lipinski definition) is 3. The molecule has 0 bridgehead atoms. The molecule has 1 heterocycles. The number of carbonyl (C=O) groups is 2. The molecule has 0 radical (unpaired) electrons. The molecule has 1 aromatic heterocycles. The molecule has 10 nitrogen and oxygen atoms in total. The van der Waals surface area contributed by atoms with Gasteiger partial charge in [0.15, 0.2) is 0 Å². The Bertz CT molecular complexity index is 1930. The molecule has 0 saturated heterocycles. The van der Waals surface area contributed by atoms with Gasteiger partial charge in [0.1, 0.15) is 11.6 Å². The number of amides is 1. The average Bonchev–Trinajstić information content (AvgIpc) is 3.34. The number of aromatic nitrogens is 2. The lowest BCUT2D eigenvalue weighted by molar-refractivity contribution is -0.148. The number of fused-ring (bicyclic) bond motifs is 1. The summed E-state index contributed by atoms with van der Waals surface area (Å²) in [5.41, 5.74) is 6.13. The molecule has 0 aliphatic heterocycles. The second-order valence-corrected chi connectivity index (χ2v) is 13.5. The Hall–Kier alpha value is -4.50. The number of alkyl halides is 3. The van der Waals surface area contributed by atoms with Crippen LogP contribution in [0, 0.1) is 24.6 Å². The average molecular weight is 676 g/mol. The van der Waals surface area contributed by atoms with Crippen LogP contribution in [0.3, 0.4) is 0 Å². The zero-order valence-electron chi connectivity index (χ0n) is 25.5. The summed E-state index contributed by atoms with van der Waals surface area (Å²) in [4.78, 5) is 30.1. The summed E-state index contributed by atoms with van der Waals surface area (Å²) in [7, 11) is -2.61. The normalized spacial score (nSPS) is 18.7. The first-order chi connectivity index (χ1) is 22.1. The lowest BCUT2D eigenvalue weighted by Crippen LogP contribution is -2.40. The van der Waals surface area contributed by atoms with Crippen molar-refractivity contribution in [2.45, 2.75) is 49.7 Å². The zero-order valence-corrected chi connectivity index (χ0v) is 26.3. The van der Waals surface area contributed by atoms with Crippen molar-refractivity contribution in [2.24, 2.45) is 17.6 Å². The largest absolute Gasteiger partial charge is 0.481 e. The molecular formula is C32H33F4N5O5S. The third-order valence-electron chi connectivity index (χ3n) is 8.68. The van der Waals surface area contributed by atoms with Crippen molar-refractivity contribution in [1.29, 1.82) is 0 Å². The van der Waals surface area contributed by atoms with Crippen LogP contribution in [-0.4, -0.2) is 48.5 Å². The molecule has 4 aromatic rings. The van der Waals surface area contributed by atoms with E-state index in [9.17, 15) is 40.7 Å². The minimum Gasteiger partial charge on any atom is -0.481 e. The highest BCUT2D eigenvalue weighted by Gasteiger charge is 2.43. The summed E-state index contributed by atoms with van der Waals surface area (Å²) in [5, 5.41) is 12.4. The standard InChI is InChI=1S/C32H33F4N5O5S/c1-18-38-27-17-22(11-13-28(27)41(18)15-14-37)47(45,46)40(2)21-9-6-19(7-10-21)23-4-3-5-24(29(23)31(43)44)30(42)39-26-12-8-20(16-25(26)33)32(34,35)36/h6-13,16-17,23-24,29H,3-5,14-15,37H2,1-2H3,(H,39,42)(H,43,44)/t23-,24-,29-/m1/s1. The van der Waals surface area contributed by atoms with E-state index < -0.39 is 62.9 Å². The van der Waals surface area contributed by atoms with E-state index in [2.05, 4.69) is 10.3 Å². The number of nitrogens with one attached hydrogen (secondary N) is 1. The first kappa shape index (κ1) is 33.9. The first-order valence-electron chi connectivity index (χ1n) is 14.8. The number of rotatable bonds is 9. The lowest BCUT2D eigenvalue weighted by atomic mass is 9.69. The fourth-order valence-corrected chi connectivity index (χ4v) is 7.47. The molecule has 3 atom stereocenters. The molecule has 47 heavy (non-hydrogen) atoms. The quantitative estimate of drug-likeness (QED) is 0.198. The molecule has 15 heteroatoms. The van der Waals surface area contributed by atoms with E-state index in [1.807, 2.05) is 11.5 Å². The lowest BCUT2D eigenvalue weighted by Gasteiger charge is -2.35. The fraction of sp³-hybridized carbons (Fsp3) is 0.344. The second kappa shape index (κ2) is 13.0. The Morgan fingerprint density at radius 1 is 1.09 bits per heavy atom. The molecule has 5 rings (SSSR count). The van der Waals surface area contributed by atoms with Crippen molar-refractivity contribution in [3.8, 4) is 0 Å². The topological polar surface area (TPSA) is 148 Å². The maximum absolute atomic E-state index is 14.4. The van der Waals surface area contributed by atoms with Gasteiger partial charge in [0.05, 0.1) is 44.7 Å². The third kappa shape index (κ3) is 6.67. The molecule has 0 unspecified atom stereocenters. The Morgan fingerprint density at radius 3 is 2.40 bits per heavy atom. The van der Waals surface area contributed by atoms with Crippen LogP contribution in [0.1, 0.15) is 42.1 Å². The summed E-state index contributed by atoms with van der Waals surface area (Å²) < 4.78 is 83.3. The van der Waals surface area contributed by atoms with Gasteiger partial charge >= 0.3 is 12.1 Å². The van der Waals surface area contributed by atoms with E-state index in [4.69, 9.17) is 5.73 Å². The van der Waals surface area contributed by atoms with E-state index >= 15 is 0 Å². The van der Waals surface area contributed by atoms with Gasteiger partial charge in [-0.1, -0.05) is 18.6 Å². The zero-order chi connectivity index (χ0) is 34.3. The summed E-state index contributed by atoms with van der Waals surface area (Å²) in [6.45, 7) is 2.75. The number of nitrogens with two attached hydrogens (primary N) is 1. The maximum Gasteiger partial charge on any atom is 0.416 e. The van der Waals surface area contributed by atoms with Crippen molar-refractivity contribution >= 4 is 44.3 Å². The fourth-order valence-electron chi connectivity index (χ4n) is 6.26. The minimum absolute atomic E-state index is 0.0329. The predicted molar refractivity (Wildman–Crippen MR) is 167 cm³/mol. The van der Waals surface area contributed by atoms with Gasteiger partial charge in [-0.05, 0) is 79.8 Å². The van der Waals surface area contributed by atoms with Crippen molar-refractivity contribution in [3.05, 3.63) is 83.4 Å². The van der Waals surface area contributed by atoms with Gasteiger partial charge in [0.2, 0.25) is 5.91 Å². The number of nitrogens with zero attached hydrogens (tertiary/aromatic N) is 3. The van der Waals surface area contributed by atoms with Crippen molar-refractivity contribution in [2.75, 3.05) is 23.2 Å². The Kier molecular flexibility index (Phi) is 9.33. The van der Waals surface area contributed by atoms with Crippen LogP contribution < -0.4 is 15.4 Å². The number of aliphatic carboxylic acids is 1. The second-order valence-electron chi connectivity index (χ2n) is 11.5. The number of aryl methyl sites for hydroxylation is 1. The number of benzene rings is 3. The van der Waals surface area contributed by atoms with E-state index in [0.717, 1.165) is 15.9 Å². The van der Waals surface area contributed by atoms with E-state index in [0.29, 0.717) is 54.6 Å². The highest BCUT2D eigenvalue weighted by molar-refractivity contribution is 7.92. The number of carboxylic acids is 1. The molecule has 1 aliphatic rings. The van der Waals surface area contributed by atoms with Gasteiger partial charge < -0.3 is 20.7 Å². The third-order valence-corrected chi connectivity index (χ3v) is 10.5. The van der Waals surface area contributed by atoms with E-state index in [1.54, 1.807) is 30.3 Å². The molecular weight excluding hydrogens is 642 g/mol. The minimum atomic E-state index is -4.77. The van der Waals surface area contributed by atoms with Gasteiger partial charge in [0, 0.05) is 20.1 Å². The number of sulfonamides is 1. The number of hydrogen-bond acceptors (Lipinski definition) is 6. The van der Waals surface area contributed by atoms with Crippen LogP contribution in [0.25, 0.3) is 11.0 Å². The highest BCUT2D eigenvalue weighted by Crippen LogP contribution is 2.43. The van der Waals surface area contributed by atoms with Crippen LogP contribution in [0.5, 0.6) is 0 Å². The first-order valence-corrected chi connectivity index (χ1v) is 16.2. The number of anilines is 2. The number of carboxylic acid groups (broad SMARTS) is 1. The van der Waals surface area contributed by atoms with Crippen LogP contribution in [-0.2, 0) is 32.3 Å². The molecule has 3 aromatic carbocycles. The summed E-state index contributed by atoms with van der Waals surface area (Å²) in [5.74, 6) is -5.62. The number of imidazole rings is 1. The Morgan fingerprint density at radius 2 is 1.79 bits per heavy atom. The van der Waals surface area contributed by atoms with Crippen molar-refractivity contribution in [1.82, 2.24) is 9.55 Å². The molecule has 1 aliphatic carbocycles. The number of halogens is 4. The van der Waals surface area contributed by atoms with Crippen molar-refractivity contribution < 1.29 is 40.7 Å². The Balaban J connectivity index is 1.35. The summed E-state index contributed by atoms with van der Waals surface area (Å²) >= 11 is 0. The van der Waals surface area contributed by atoms with Gasteiger partial charge in [-0.25, -0.2) is 17.8 Å². The van der Waals surface area contributed by atoms with Gasteiger partial charge in [-0.15, -0.1) is 0 Å². The SMILES string of the molecule is Cc1nc2cc(S(=O)(=O)N(C)c3ccc([C@H]4CCC[C@@H](C(=O)Nc5ccc(C(F)(F)F)cc5F)[C@@H]4C(=O)O)cc3)ccc2n1CCN.